The molecule has 1 aromatic heterocycles. The average Bonchev–Trinajstić information content (AvgIpc) is 3.15. The van der Waals surface area contributed by atoms with Crippen molar-refractivity contribution in [2.75, 3.05) is 0 Å². The van der Waals surface area contributed by atoms with Gasteiger partial charge in [-0.05, 0) is 43.7 Å². The van der Waals surface area contributed by atoms with Gasteiger partial charge in [0.2, 0.25) is 0 Å². The highest BCUT2D eigenvalue weighted by molar-refractivity contribution is 7.98. The van der Waals surface area contributed by atoms with Gasteiger partial charge in [-0.3, -0.25) is 4.57 Å². The number of thioether (sulfide) groups is 1. The van der Waals surface area contributed by atoms with Gasteiger partial charge in [-0.1, -0.05) is 77.5 Å². The number of hydrogen-bond acceptors (Lipinski definition) is 4. The number of ether oxygens (including phenoxy) is 1. The van der Waals surface area contributed by atoms with Gasteiger partial charge in [0, 0.05) is 11.4 Å². The maximum Gasteiger partial charge on any atom is 0.196 e. The molecule has 29 heavy (non-hydrogen) atoms. The fraction of sp³-hybridized carbons (Fsp3) is 0.167. The van der Waals surface area contributed by atoms with Crippen LogP contribution in [0.3, 0.4) is 0 Å². The van der Waals surface area contributed by atoms with Crippen molar-refractivity contribution in [3.8, 4) is 11.4 Å². The van der Waals surface area contributed by atoms with Gasteiger partial charge >= 0.3 is 0 Å². The van der Waals surface area contributed by atoms with Gasteiger partial charge in [0.1, 0.15) is 12.4 Å². The van der Waals surface area contributed by atoms with Crippen molar-refractivity contribution in [3.05, 3.63) is 101 Å². The number of nitrogens with zero attached hydrogens (tertiary/aromatic N) is 3. The zero-order chi connectivity index (χ0) is 20.1. The van der Waals surface area contributed by atoms with Gasteiger partial charge in [0.05, 0.1) is 0 Å². The highest BCUT2D eigenvalue weighted by Crippen LogP contribution is 2.26. The molecule has 0 atom stereocenters. The fourth-order valence-corrected chi connectivity index (χ4v) is 3.97. The van der Waals surface area contributed by atoms with E-state index in [0.717, 1.165) is 28.2 Å². The van der Waals surface area contributed by atoms with Crippen LogP contribution in [-0.4, -0.2) is 14.8 Å². The van der Waals surface area contributed by atoms with E-state index in [1.807, 2.05) is 42.5 Å². The number of rotatable bonds is 7. The molecule has 5 heteroatoms. The Morgan fingerprint density at radius 2 is 1.62 bits per heavy atom. The summed E-state index contributed by atoms with van der Waals surface area (Å²) in [4.78, 5) is 0. The molecule has 0 spiro atoms. The summed E-state index contributed by atoms with van der Waals surface area (Å²) in [6.07, 6.45) is 0. The van der Waals surface area contributed by atoms with Crippen LogP contribution < -0.4 is 4.74 Å². The summed E-state index contributed by atoms with van der Waals surface area (Å²) in [5.41, 5.74) is 4.78. The average molecular weight is 402 g/mol. The van der Waals surface area contributed by atoms with E-state index in [2.05, 4.69) is 65.0 Å². The summed E-state index contributed by atoms with van der Waals surface area (Å²) < 4.78 is 8.05. The predicted octanol–water partition coefficient (Wildman–Crippen LogP) is 5.76. The largest absolute Gasteiger partial charge is 0.486 e. The van der Waals surface area contributed by atoms with Crippen LogP contribution in [-0.2, 0) is 12.4 Å². The molecule has 0 saturated carbocycles. The minimum atomic E-state index is 0.357. The summed E-state index contributed by atoms with van der Waals surface area (Å²) in [5.74, 6) is 2.45. The topological polar surface area (TPSA) is 39.9 Å². The van der Waals surface area contributed by atoms with Crippen LogP contribution in [0.5, 0.6) is 5.75 Å². The Hall–Kier alpha value is -3.05. The van der Waals surface area contributed by atoms with Crippen molar-refractivity contribution < 1.29 is 4.74 Å². The maximum atomic E-state index is 5.97. The predicted molar refractivity (Wildman–Crippen MR) is 118 cm³/mol. The van der Waals surface area contributed by atoms with Crippen LogP contribution in [0.25, 0.3) is 5.69 Å². The maximum absolute atomic E-state index is 5.97. The van der Waals surface area contributed by atoms with E-state index in [0.29, 0.717) is 6.61 Å². The Labute approximate surface area is 175 Å². The highest BCUT2D eigenvalue weighted by Gasteiger charge is 2.15. The molecule has 4 rings (SSSR count). The minimum Gasteiger partial charge on any atom is -0.486 e. The van der Waals surface area contributed by atoms with Gasteiger partial charge in [0.25, 0.3) is 0 Å². The quantitative estimate of drug-likeness (QED) is 0.369. The Bertz CT molecular complexity index is 1070. The summed E-state index contributed by atoms with van der Waals surface area (Å²) in [6, 6.07) is 26.8. The molecular formula is C24H23N3OS. The molecule has 0 bridgehead atoms. The van der Waals surface area contributed by atoms with Crippen molar-refractivity contribution >= 4 is 11.8 Å². The van der Waals surface area contributed by atoms with Crippen molar-refractivity contribution in [2.24, 2.45) is 0 Å². The molecule has 0 radical (unpaired) electrons. The molecule has 146 valence electrons. The number of aryl methyl sites for hydroxylation is 2. The second-order valence-electron chi connectivity index (χ2n) is 6.95. The van der Waals surface area contributed by atoms with Gasteiger partial charge < -0.3 is 4.74 Å². The van der Waals surface area contributed by atoms with Gasteiger partial charge in [-0.15, -0.1) is 10.2 Å². The first-order chi connectivity index (χ1) is 14.2. The molecule has 0 aliphatic carbocycles. The second kappa shape index (κ2) is 8.97. The molecule has 0 aliphatic heterocycles. The van der Waals surface area contributed by atoms with Crippen LogP contribution >= 0.6 is 11.8 Å². The lowest BCUT2D eigenvalue weighted by atomic mass is 10.2. The molecule has 0 aliphatic rings. The lowest BCUT2D eigenvalue weighted by Gasteiger charge is -2.11. The molecular weight excluding hydrogens is 378 g/mol. The summed E-state index contributed by atoms with van der Waals surface area (Å²) in [7, 11) is 0. The minimum absolute atomic E-state index is 0.357. The monoisotopic (exact) mass is 401 g/mol. The van der Waals surface area contributed by atoms with Crippen molar-refractivity contribution in [1.82, 2.24) is 14.8 Å². The lowest BCUT2D eigenvalue weighted by molar-refractivity contribution is 0.293. The Kier molecular flexibility index (Phi) is 5.96. The molecule has 4 nitrogen and oxygen atoms in total. The smallest absolute Gasteiger partial charge is 0.196 e. The van der Waals surface area contributed by atoms with Crippen LogP contribution in [0.1, 0.15) is 22.5 Å². The van der Waals surface area contributed by atoms with Crippen LogP contribution in [0, 0.1) is 13.8 Å². The molecule has 0 unspecified atom stereocenters. The molecule has 1 heterocycles. The zero-order valence-electron chi connectivity index (χ0n) is 16.6. The first-order valence-electron chi connectivity index (χ1n) is 9.56. The Morgan fingerprint density at radius 3 is 2.38 bits per heavy atom. The van der Waals surface area contributed by atoms with E-state index in [1.165, 1.54) is 16.7 Å². The number of aromatic nitrogens is 3. The second-order valence-corrected chi connectivity index (χ2v) is 7.89. The zero-order valence-corrected chi connectivity index (χ0v) is 17.4. The van der Waals surface area contributed by atoms with Crippen LogP contribution in [0.15, 0.2) is 84.0 Å². The van der Waals surface area contributed by atoms with Gasteiger partial charge in [0.15, 0.2) is 11.0 Å². The number of hydrogen-bond donors (Lipinski definition) is 0. The molecule has 0 fully saturated rings. The molecule has 0 N–H and O–H groups in total. The third kappa shape index (κ3) is 4.87. The fourth-order valence-electron chi connectivity index (χ4n) is 3.06. The van der Waals surface area contributed by atoms with Gasteiger partial charge in [-0.25, -0.2) is 0 Å². The number of benzene rings is 3. The first kappa shape index (κ1) is 19.3. The normalized spacial score (nSPS) is 10.8. The van der Waals surface area contributed by atoms with E-state index in [1.54, 1.807) is 11.8 Å². The first-order valence-corrected chi connectivity index (χ1v) is 10.5. The van der Waals surface area contributed by atoms with E-state index in [-0.39, 0.29) is 0 Å². The summed E-state index contributed by atoms with van der Waals surface area (Å²) in [6.45, 7) is 4.53. The molecule has 3 aromatic carbocycles. The van der Waals surface area contributed by atoms with E-state index >= 15 is 0 Å². The van der Waals surface area contributed by atoms with Crippen LogP contribution in [0.2, 0.25) is 0 Å². The lowest BCUT2D eigenvalue weighted by Crippen LogP contribution is -2.06. The molecule has 0 saturated heterocycles. The van der Waals surface area contributed by atoms with E-state index < -0.39 is 0 Å². The van der Waals surface area contributed by atoms with Crippen molar-refractivity contribution in [2.45, 2.75) is 31.4 Å². The Balaban J connectivity index is 1.57. The summed E-state index contributed by atoms with van der Waals surface area (Å²) in [5, 5.41) is 9.74. The molecule has 0 amide bonds. The van der Waals surface area contributed by atoms with Gasteiger partial charge in [-0.2, -0.15) is 0 Å². The summed E-state index contributed by atoms with van der Waals surface area (Å²) >= 11 is 1.68. The third-order valence-electron chi connectivity index (χ3n) is 4.55. The van der Waals surface area contributed by atoms with Crippen LogP contribution in [0.4, 0.5) is 0 Å². The van der Waals surface area contributed by atoms with E-state index in [9.17, 15) is 0 Å². The third-order valence-corrected chi connectivity index (χ3v) is 5.55. The highest BCUT2D eigenvalue weighted by atomic mass is 32.2. The standard InChI is InChI=1S/C24H23N3OS/c1-18-11-13-22(14-12-18)28-16-23-25-26-24(27(23)21-9-4-3-5-10-21)29-17-20-8-6-7-19(2)15-20/h3-15H,16-17H2,1-2H3. The van der Waals surface area contributed by atoms with E-state index in [4.69, 9.17) is 4.74 Å². The SMILES string of the molecule is Cc1ccc(OCc2nnc(SCc3cccc(C)c3)n2-c2ccccc2)cc1. The van der Waals surface area contributed by atoms with Crippen molar-refractivity contribution in [1.29, 1.82) is 0 Å². The molecule has 4 aromatic rings. The van der Waals surface area contributed by atoms with Crippen molar-refractivity contribution in [3.63, 3.8) is 0 Å². The number of para-hydroxylation sites is 1. The Morgan fingerprint density at radius 1 is 0.828 bits per heavy atom.